The van der Waals surface area contributed by atoms with Crippen LogP contribution < -0.4 is 19.9 Å². The molecule has 128 valence electrons. The summed E-state index contributed by atoms with van der Waals surface area (Å²) in [5.41, 5.74) is 9.33. The van der Waals surface area contributed by atoms with Crippen LogP contribution in [0.15, 0.2) is 54.6 Å². The van der Waals surface area contributed by atoms with Crippen molar-refractivity contribution in [3.8, 4) is 17.2 Å². The van der Waals surface area contributed by atoms with Crippen LogP contribution >= 0.6 is 0 Å². The maximum absolute atomic E-state index is 6.34. The smallest absolute Gasteiger partial charge is 0.164 e. The Balaban J connectivity index is 2.33. The van der Waals surface area contributed by atoms with E-state index in [2.05, 4.69) is 6.58 Å². The van der Waals surface area contributed by atoms with Crippen LogP contribution in [0, 0.1) is 0 Å². The summed E-state index contributed by atoms with van der Waals surface area (Å²) < 4.78 is 16.8. The van der Waals surface area contributed by atoms with Crippen LogP contribution in [-0.4, -0.2) is 14.2 Å². The summed E-state index contributed by atoms with van der Waals surface area (Å²) in [4.78, 5) is 0. The second-order valence-electron chi connectivity index (χ2n) is 5.79. The molecule has 2 aromatic rings. The van der Waals surface area contributed by atoms with Gasteiger partial charge in [0, 0.05) is 17.7 Å². The van der Waals surface area contributed by atoms with Gasteiger partial charge in [0.2, 0.25) is 0 Å². The van der Waals surface area contributed by atoms with Gasteiger partial charge in [-0.1, -0.05) is 35.9 Å². The topological polar surface area (TPSA) is 53.7 Å². The van der Waals surface area contributed by atoms with Crippen LogP contribution in [0.3, 0.4) is 0 Å². The molecule has 0 unspecified atom stereocenters. The van der Waals surface area contributed by atoms with E-state index in [9.17, 15) is 0 Å². The fourth-order valence-corrected chi connectivity index (χ4v) is 2.51. The lowest BCUT2D eigenvalue weighted by atomic mass is 9.99. The van der Waals surface area contributed by atoms with E-state index in [1.165, 1.54) is 0 Å². The third-order valence-electron chi connectivity index (χ3n) is 3.72. The highest BCUT2D eigenvalue weighted by atomic mass is 16.5. The van der Waals surface area contributed by atoms with Crippen molar-refractivity contribution in [1.29, 1.82) is 0 Å². The summed E-state index contributed by atoms with van der Waals surface area (Å²) in [5.74, 6) is 1.95. The molecule has 0 heterocycles. The largest absolute Gasteiger partial charge is 0.493 e. The Morgan fingerprint density at radius 3 is 2.25 bits per heavy atom. The molecule has 0 aliphatic heterocycles. The minimum atomic E-state index is -0.215. The third-order valence-corrected chi connectivity index (χ3v) is 3.72. The van der Waals surface area contributed by atoms with Gasteiger partial charge in [0.25, 0.3) is 0 Å². The molecule has 24 heavy (non-hydrogen) atoms. The Hall–Kier alpha value is -2.46. The molecule has 4 heteroatoms. The van der Waals surface area contributed by atoms with Crippen molar-refractivity contribution in [3.05, 3.63) is 65.7 Å². The van der Waals surface area contributed by atoms with E-state index in [0.717, 1.165) is 16.7 Å². The minimum Gasteiger partial charge on any atom is -0.493 e. The van der Waals surface area contributed by atoms with Crippen molar-refractivity contribution in [2.24, 2.45) is 5.73 Å². The summed E-state index contributed by atoms with van der Waals surface area (Å²) in [6, 6.07) is 13.5. The van der Waals surface area contributed by atoms with Crippen LogP contribution in [0.5, 0.6) is 17.2 Å². The van der Waals surface area contributed by atoms with E-state index in [1.54, 1.807) is 14.2 Å². The van der Waals surface area contributed by atoms with Crippen molar-refractivity contribution < 1.29 is 14.2 Å². The molecule has 0 amide bonds. The van der Waals surface area contributed by atoms with Gasteiger partial charge in [-0.15, -0.1) is 6.58 Å². The maximum Gasteiger partial charge on any atom is 0.164 e. The molecule has 2 N–H and O–H groups in total. The minimum absolute atomic E-state index is 0.215. The molecule has 1 atom stereocenters. The Morgan fingerprint density at radius 2 is 1.67 bits per heavy atom. The summed E-state index contributed by atoms with van der Waals surface area (Å²) in [7, 11) is 3.21. The summed E-state index contributed by atoms with van der Waals surface area (Å²) in [6.07, 6.45) is 0.678. The molecular formula is C20H25NO3. The van der Waals surface area contributed by atoms with E-state index in [-0.39, 0.29) is 6.04 Å². The van der Waals surface area contributed by atoms with Crippen LogP contribution in [0.4, 0.5) is 0 Å². The Kier molecular flexibility index (Phi) is 6.27. The first-order valence-corrected chi connectivity index (χ1v) is 7.87. The van der Waals surface area contributed by atoms with Gasteiger partial charge < -0.3 is 19.9 Å². The zero-order valence-electron chi connectivity index (χ0n) is 14.5. The lowest BCUT2D eigenvalue weighted by Crippen LogP contribution is -2.13. The van der Waals surface area contributed by atoms with Crippen molar-refractivity contribution in [2.45, 2.75) is 26.0 Å². The van der Waals surface area contributed by atoms with E-state index in [1.807, 2.05) is 49.4 Å². The van der Waals surface area contributed by atoms with Gasteiger partial charge in [0.1, 0.15) is 12.4 Å². The molecule has 0 fully saturated rings. The SMILES string of the molecule is C=C(C)C[C@H](N)c1cc(OC)c(OC)cc1OCc1ccccc1. The monoisotopic (exact) mass is 327 g/mol. The zero-order valence-corrected chi connectivity index (χ0v) is 14.5. The van der Waals surface area contributed by atoms with Crippen molar-refractivity contribution in [3.63, 3.8) is 0 Å². The second kappa shape index (κ2) is 8.41. The third kappa shape index (κ3) is 4.52. The molecule has 2 rings (SSSR count). The Labute approximate surface area is 143 Å². The predicted molar refractivity (Wildman–Crippen MR) is 96.7 cm³/mol. The molecule has 2 aromatic carbocycles. The molecule has 0 radical (unpaired) electrons. The molecule has 0 aliphatic carbocycles. The van der Waals surface area contributed by atoms with Crippen LogP contribution in [0.25, 0.3) is 0 Å². The van der Waals surface area contributed by atoms with Gasteiger partial charge in [0.05, 0.1) is 14.2 Å². The highest BCUT2D eigenvalue weighted by molar-refractivity contribution is 5.52. The molecule has 4 nitrogen and oxygen atoms in total. The summed E-state index contributed by atoms with van der Waals surface area (Å²) in [5, 5.41) is 0. The number of nitrogens with two attached hydrogens (primary N) is 1. The Bertz CT molecular complexity index is 683. The summed E-state index contributed by atoms with van der Waals surface area (Å²) in [6.45, 7) is 6.37. The van der Waals surface area contributed by atoms with Crippen molar-refractivity contribution >= 4 is 0 Å². The standard InChI is InChI=1S/C20H25NO3/c1-14(2)10-17(21)16-11-19(22-3)20(23-4)12-18(16)24-13-15-8-6-5-7-9-15/h5-9,11-12,17H,1,10,13,21H2,2-4H3/t17-/m0/s1. The number of benzene rings is 2. The number of methoxy groups -OCH3 is 2. The quantitative estimate of drug-likeness (QED) is 0.737. The molecular weight excluding hydrogens is 302 g/mol. The molecule has 0 saturated heterocycles. The molecule has 0 aliphatic rings. The average molecular weight is 327 g/mol. The van der Waals surface area contributed by atoms with Gasteiger partial charge in [0.15, 0.2) is 11.5 Å². The van der Waals surface area contributed by atoms with Crippen molar-refractivity contribution in [1.82, 2.24) is 0 Å². The van der Waals surface area contributed by atoms with E-state index >= 15 is 0 Å². The predicted octanol–water partition coefficient (Wildman–Crippen LogP) is 4.25. The number of ether oxygens (including phenoxy) is 3. The molecule has 0 bridgehead atoms. The fraction of sp³-hybridized carbons (Fsp3) is 0.300. The lowest BCUT2D eigenvalue weighted by molar-refractivity contribution is 0.295. The maximum atomic E-state index is 6.34. The van der Waals surface area contributed by atoms with Gasteiger partial charge in [-0.25, -0.2) is 0 Å². The van der Waals surface area contributed by atoms with Crippen LogP contribution in [0.2, 0.25) is 0 Å². The van der Waals surface area contributed by atoms with Gasteiger partial charge in [-0.3, -0.25) is 0 Å². The second-order valence-corrected chi connectivity index (χ2v) is 5.79. The number of hydrogen-bond donors (Lipinski definition) is 1. The number of hydrogen-bond acceptors (Lipinski definition) is 4. The fourth-order valence-electron chi connectivity index (χ4n) is 2.51. The zero-order chi connectivity index (χ0) is 17.5. The average Bonchev–Trinajstić information content (AvgIpc) is 2.59. The molecule has 0 spiro atoms. The van der Waals surface area contributed by atoms with Crippen LogP contribution in [0.1, 0.15) is 30.5 Å². The van der Waals surface area contributed by atoms with Crippen molar-refractivity contribution in [2.75, 3.05) is 14.2 Å². The number of rotatable bonds is 8. The highest BCUT2D eigenvalue weighted by Gasteiger charge is 2.18. The normalized spacial score (nSPS) is 11.7. The highest BCUT2D eigenvalue weighted by Crippen LogP contribution is 2.38. The Morgan fingerprint density at radius 1 is 1.04 bits per heavy atom. The van der Waals surface area contributed by atoms with Gasteiger partial charge >= 0.3 is 0 Å². The summed E-state index contributed by atoms with van der Waals surface area (Å²) >= 11 is 0. The first-order chi connectivity index (χ1) is 11.5. The lowest BCUT2D eigenvalue weighted by Gasteiger charge is -2.20. The van der Waals surface area contributed by atoms with Gasteiger partial charge in [-0.2, -0.15) is 0 Å². The van der Waals surface area contributed by atoms with E-state index in [4.69, 9.17) is 19.9 Å². The van der Waals surface area contributed by atoms with Gasteiger partial charge in [-0.05, 0) is 25.0 Å². The first-order valence-electron chi connectivity index (χ1n) is 7.87. The van der Waals surface area contributed by atoms with E-state index in [0.29, 0.717) is 30.3 Å². The molecule has 0 saturated carbocycles. The first kappa shape index (κ1) is 17.9. The molecule has 0 aromatic heterocycles. The van der Waals surface area contributed by atoms with Crippen LogP contribution in [-0.2, 0) is 6.61 Å². The van der Waals surface area contributed by atoms with E-state index < -0.39 is 0 Å².